The molecular formula is C15H20BrFN2O. The van der Waals surface area contributed by atoms with Crippen molar-refractivity contribution in [1.29, 1.82) is 0 Å². The van der Waals surface area contributed by atoms with E-state index in [1.807, 2.05) is 17.9 Å². The smallest absolute Gasteiger partial charge is 0.222 e. The molecule has 3 nitrogen and oxygen atoms in total. The molecule has 20 heavy (non-hydrogen) atoms. The number of hydrogen-bond donors (Lipinski definition) is 1. The van der Waals surface area contributed by atoms with Crippen LogP contribution in [-0.4, -0.2) is 30.4 Å². The minimum absolute atomic E-state index is 0.0302. The van der Waals surface area contributed by atoms with Gasteiger partial charge in [0.15, 0.2) is 0 Å². The molecule has 1 aromatic rings. The summed E-state index contributed by atoms with van der Waals surface area (Å²) in [5.74, 6) is 0.0612. The van der Waals surface area contributed by atoms with Crippen LogP contribution in [-0.2, 0) is 4.79 Å². The molecular weight excluding hydrogens is 323 g/mol. The van der Waals surface area contributed by atoms with Gasteiger partial charge >= 0.3 is 0 Å². The highest BCUT2D eigenvalue weighted by Crippen LogP contribution is 2.20. The lowest BCUT2D eigenvalue weighted by molar-refractivity contribution is -0.127. The molecule has 2 rings (SSSR count). The first kappa shape index (κ1) is 15.4. The van der Waals surface area contributed by atoms with Crippen LogP contribution in [0, 0.1) is 5.82 Å². The molecule has 1 heterocycles. The summed E-state index contributed by atoms with van der Waals surface area (Å²) in [5.41, 5.74) is 0.672. The zero-order valence-corrected chi connectivity index (χ0v) is 13.2. The van der Waals surface area contributed by atoms with Crippen molar-refractivity contribution in [3.8, 4) is 0 Å². The molecule has 1 aliphatic rings. The van der Waals surface area contributed by atoms with Crippen molar-refractivity contribution in [2.45, 2.75) is 32.2 Å². The van der Waals surface area contributed by atoms with Gasteiger partial charge in [-0.25, -0.2) is 4.39 Å². The molecule has 0 aliphatic carbocycles. The van der Waals surface area contributed by atoms with E-state index in [9.17, 15) is 9.18 Å². The second-order valence-corrected chi connectivity index (χ2v) is 6.10. The van der Waals surface area contributed by atoms with E-state index in [2.05, 4.69) is 21.2 Å². The third kappa shape index (κ3) is 4.03. The largest absolute Gasteiger partial charge is 0.343 e. The third-order valence-electron chi connectivity index (χ3n) is 3.66. The number of nitrogens with zero attached hydrogens (tertiary/aromatic N) is 1. The van der Waals surface area contributed by atoms with Crippen molar-refractivity contribution in [3.05, 3.63) is 34.1 Å². The van der Waals surface area contributed by atoms with Gasteiger partial charge in [-0.2, -0.15) is 0 Å². The lowest BCUT2D eigenvalue weighted by atomic mass is 10.1. The van der Waals surface area contributed by atoms with E-state index in [0.29, 0.717) is 12.0 Å². The Bertz CT molecular complexity index is 481. The van der Waals surface area contributed by atoms with Crippen LogP contribution < -0.4 is 5.32 Å². The first-order valence-electron chi connectivity index (χ1n) is 7.04. The molecule has 1 amide bonds. The van der Waals surface area contributed by atoms with Crippen molar-refractivity contribution in [1.82, 2.24) is 10.2 Å². The molecule has 0 saturated carbocycles. The molecule has 1 N–H and O–H groups in total. The van der Waals surface area contributed by atoms with Gasteiger partial charge in [0.25, 0.3) is 0 Å². The molecule has 1 aromatic carbocycles. The molecule has 0 unspecified atom stereocenters. The fourth-order valence-electron chi connectivity index (χ4n) is 2.49. The van der Waals surface area contributed by atoms with Crippen LogP contribution in [0.25, 0.3) is 0 Å². The number of benzene rings is 1. The lowest BCUT2D eigenvalue weighted by Gasteiger charge is -2.18. The maximum Gasteiger partial charge on any atom is 0.222 e. The molecule has 0 bridgehead atoms. The third-order valence-corrected chi connectivity index (χ3v) is 4.15. The van der Waals surface area contributed by atoms with Crippen molar-refractivity contribution in [2.24, 2.45) is 0 Å². The van der Waals surface area contributed by atoms with E-state index in [1.165, 1.54) is 6.07 Å². The molecule has 1 aliphatic heterocycles. The second-order valence-electron chi connectivity index (χ2n) is 5.18. The Labute approximate surface area is 127 Å². The van der Waals surface area contributed by atoms with Gasteiger partial charge in [-0.3, -0.25) is 4.79 Å². The minimum Gasteiger partial charge on any atom is -0.343 e. The summed E-state index contributed by atoms with van der Waals surface area (Å²) < 4.78 is 14.5. The molecule has 1 fully saturated rings. The summed E-state index contributed by atoms with van der Waals surface area (Å²) in [6, 6.07) is 5.09. The van der Waals surface area contributed by atoms with Crippen molar-refractivity contribution in [2.75, 3.05) is 19.6 Å². The Balaban J connectivity index is 1.74. The van der Waals surface area contributed by atoms with Crippen LogP contribution in [0.3, 0.4) is 0 Å². The minimum atomic E-state index is -0.200. The average molecular weight is 343 g/mol. The van der Waals surface area contributed by atoms with Gasteiger partial charge in [0.2, 0.25) is 5.91 Å². The normalized spacial score (nSPS) is 16.8. The Morgan fingerprint density at radius 3 is 2.95 bits per heavy atom. The van der Waals surface area contributed by atoms with E-state index < -0.39 is 0 Å². The van der Waals surface area contributed by atoms with E-state index >= 15 is 0 Å². The number of likely N-dealkylation sites (tertiary alicyclic amines) is 1. The highest BCUT2D eigenvalue weighted by molar-refractivity contribution is 9.10. The highest BCUT2D eigenvalue weighted by atomic mass is 79.9. The topological polar surface area (TPSA) is 32.3 Å². The fraction of sp³-hybridized carbons (Fsp3) is 0.533. The number of hydrogen-bond acceptors (Lipinski definition) is 2. The Morgan fingerprint density at radius 1 is 1.50 bits per heavy atom. The zero-order valence-electron chi connectivity index (χ0n) is 11.7. The summed E-state index contributed by atoms with van der Waals surface area (Å²) >= 11 is 3.25. The molecule has 5 heteroatoms. The standard InChI is InChI=1S/C15H20BrFN2O/c1-11(13-6-5-12(16)10-14(13)17)18-7-3-9-19-8-2-4-15(19)20/h5-6,10-11,18H,2-4,7-9H2,1H3/t11-/m1/s1. The molecule has 1 atom stereocenters. The van der Waals surface area contributed by atoms with E-state index in [4.69, 9.17) is 0 Å². The van der Waals surface area contributed by atoms with Crippen LogP contribution in [0.2, 0.25) is 0 Å². The first-order valence-corrected chi connectivity index (χ1v) is 7.83. The van der Waals surface area contributed by atoms with E-state index in [-0.39, 0.29) is 17.8 Å². The van der Waals surface area contributed by atoms with Crippen LogP contribution >= 0.6 is 15.9 Å². The van der Waals surface area contributed by atoms with Crippen LogP contribution in [0.15, 0.2) is 22.7 Å². The predicted octanol–water partition coefficient (Wildman–Crippen LogP) is 3.25. The van der Waals surface area contributed by atoms with Crippen molar-refractivity contribution < 1.29 is 9.18 Å². The van der Waals surface area contributed by atoms with Gasteiger partial charge in [0, 0.05) is 35.6 Å². The Hall–Kier alpha value is -0.940. The fourth-order valence-corrected chi connectivity index (χ4v) is 2.82. The van der Waals surface area contributed by atoms with Crippen LogP contribution in [0.5, 0.6) is 0 Å². The number of nitrogens with one attached hydrogen (secondary N) is 1. The van der Waals surface area contributed by atoms with Gasteiger partial charge in [-0.15, -0.1) is 0 Å². The van der Waals surface area contributed by atoms with Gasteiger partial charge in [-0.05, 0) is 38.4 Å². The highest BCUT2D eigenvalue weighted by Gasteiger charge is 2.19. The van der Waals surface area contributed by atoms with Crippen molar-refractivity contribution in [3.63, 3.8) is 0 Å². The van der Waals surface area contributed by atoms with E-state index in [0.717, 1.165) is 36.9 Å². The zero-order chi connectivity index (χ0) is 14.5. The number of carbonyl (C=O) groups excluding carboxylic acids is 1. The molecule has 110 valence electrons. The lowest BCUT2D eigenvalue weighted by Crippen LogP contribution is -2.29. The Kier molecular flexibility index (Phi) is 5.54. The predicted molar refractivity (Wildman–Crippen MR) is 80.9 cm³/mol. The first-order chi connectivity index (χ1) is 9.58. The molecule has 0 aromatic heterocycles. The van der Waals surface area contributed by atoms with Gasteiger partial charge in [-0.1, -0.05) is 22.0 Å². The molecule has 0 spiro atoms. The van der Waals surface area contributed by atoms with Gasteiger partial charge in [0.1, 0.15) is 5.82 Å². The molecule has 0 radical (unpaired) electrons. The summed E-state index contributed by atoms with van der Waals surface area (Å²) in [7, 11) is 0. The van der Waals surface area contributed by atoms with Crippen LogP contribution in [0.4, 0.5) is 4.39 Å². The summed E-state index contributed by atoms with van der Waals surface area (Å²) in [5, 5.41) is 3.30. The van der Waals surface area contributed by atoms with Gasteiger partial charge < -0.3 is 10.2 Å². The quantitative estimate of drug-likeness (QED) is 0.805. The van der Waals surface area contributed by atoms with Crippen molar-refractivity contribution >= 4 is 21.8 Å². The SMILES string of the molecule is C[C@@H](NCCCN1CCCC1=O)c1ccc(Br)cc1F. The molecule has 1 saturated heterocycles. The monoisotopic (exact) mass is 342 g/mol. The maximum atomic E-state index is 13.8. The summed E-state index contributed by atoms with van der Waals surface area (Å²) in [6.07, 6.45) is 2.56. The number of halogens is 2. The maximum absolute atomic E-state index is 13.8. The van der Waals surface area contributed by atoms with E-state index in [1.54, 1.807) is 6.07 Å². The van der Waals surface area contributed by atoms with Crippen LogP contribution in [0.1, 0.15) is 37.8 Å². The summed E-state index contributed by atoms with van der Waals surface area (Å²) in [4.78, 5) is 13.4. The second kappa shape index (κ2) is 7.18. The Morgan fingerprint density at radius 2 is 2.30 bits per heavy atom. The average Bonchev–Trinajstić information content (AvgIpc) is 2.80. The number of carbonyl (C=O) groups is 1. The summed E-state index contributed by atoms with van der Waals surface area (Å²) in [6.45, 7) is 4.41. The number of amides is 1. The van der Waals surface area contributed by atoms with Gasteiger partial charge in [0.05, 0.1) is 0 Å². The number of rotatable bonds is 6.